The van der Waals surface area contributed by atoms with Crippen LogP contribution in [0.5, 0.6) is 0 Å². The molecular formula is C20H26O8. The van der Waals surface area contributed by atoms with Crippen LogP contribution in [0.25, 0.3) is 0 Å². The standard InChI is InChI=1S/C20H26O8/c1-10-15(25-16(21)11(2)3)20(26-17(22)12(4)5,27-18(23)13(6)7)28-19(24)14(8)9/h15H,2,4,6,8,10H2,1,3,5,7,9H3. The Kier molecular flexibility index (Phi) is 9.09. The summed E-state index contributed by atoms with van der Waals surface area (Å²) in [6.07, 6.45) is -1.57. The normalized spacial score (nSPS) is 11.5. The molecule has 0 rings (SSSR count). The molecule has 0 aliphatic heterocycles. The molecule has 0 spiro atoms. The van der Waals surface area contributed by atoms with Crippen LogP contribution in [0.15, 0.2) is 48.6 Å². The van der Waals surface area contributed by atoms with Crippen molar-refractivity contribution in [3.63, 3.8) is 0 Å². The Morgan fingerprint density at radius 1 is 0.679 bits per heavy atom. The van der Waals surface area contributed by atoms with E-state index in [-0.39, 0.29) is 28.7 Å². The second-order valence-corrected chi connectivity index (χ2v) is 6.20. The smallest absolute Gasteiger partial charge is 0.446 e. The van der Waals surface area contributed by atoms with Crippen molar-refractivity contribution >= 4 is 23.9 Å². The lowest BCUT2D eigenvalue weighted by atomic mass is 10.2. The maximum absolute atomic E-state index is 12.2. The molecule has 0 amide bonds. The van der Waals surface area contributed by atoms with E-state index in [0.717, 1.165) is 0 Å². The van der Waals surface area contributed by atoms with Gasteiger partial charge in [-0.3, -0.25) is 0 Å². The number of carbonyl (C=O) groups is 4. The predicted molar refractivity (Wildman–Crippen MR) is 100 cm³/mol. The molecule has 0 heterocycles. The summed E-state index contributed by atoms with van der Waals surface area (Å²) in [5, 5.41) is 0. The fraction of sp³-hybridized carbons (Fsp3) is 0.400. The highest BCUT2D eigenvalue weighted by atomic mass is 16.9. The number of hydrogen-bond acceptors (Lipinski definition) is 8. The maximum Gasteiger partial charge on any atom is 0.463 e. The summed E-state index contributed by atoms with van der Waals surface area (Å²) >= 11 is 0. The zero-order chi connectivity index (χ0) is 22.2. The summed E-state index contributed by atoms with van der Waals surface area (Å²) in [5.74, 6) is -6.74. The van der Waals surface area contributed by atoms with Crippen molar-refractivity contribution in [3.8, 4) is 0 Å². The molecule has 0 saturated carbocycles. The van der Waals surface area contributed by atoms with Gasteiger partial charge in [0, 0.05) is 22.3 Å². The lowest BCUT2D eigenvalue weighted by Crippen LogP contribution is -2.55. The van der Waals surface area contributed by atoms with Gasteiger partial charge in [-0.05, 0) is 34.1 Å². The van der Waals surface area contributed by atoms with Gasteiger partial charge in [0.15, 0.2) is 0 Å². The topological polar surface area (TPSA) is 105 Å². The van der Waals surface area contributed by atoms with Crippen LogP contribution >= 0.6 is 0 Å². The van der Waals surface area contributed by atoms with Crippen molar-refractivity contribution in [2.75, 3.05) is 0 Å². The maximum atomic E-state index is 12.2. The van der Waals surface area contributed by atoms with Crippen LogP contribution in [0.2, 0.25) is 0 Å². The summed E-state index contributed by atoms with van der Waals surface area (Å²) in [4.78, 5) is 48.6. The fourth-order valence-corrected chi connectivity index (χ4v) is 1.54. The minimum atomic E-state index is -2.72. The third-order valence-electron chi connectivity index (χ3n) is 3.11. The van der Waals surface area contributed by atoms with Crippen molar-refractivity contribution in [3.05, 3.63) is 48.6 Å². The van der Waals surface area contributed by atoms with Gasteiger partial charge in [0.05, 0.1) is 0 Å². The van der Waals surface area contributed by atoms with Crippen LogP contribution in [0, 0.1) is 0 Å². The monoisotopic (exact) mass is 394 g/mol. The molecule has 0 aromatic rings. The Hall–Kier alpha value is -3.16. The molecule has 0 saturated heterocycles. The Morgan fingerprint density at radius 2 is 0.964 bits per heavy atom. The predicted octanol–water partition coefficient (Wildman–Crippen LogP) is 2.90. The third-order valence-corrected chi connectivity index (χ3v) is 3.11. The second kappa shape index (κ2) is 10.2. The van der Waals surface area contributed by atoms with Gasteiger partial charge in [-0.1, -0.05) is 33.2 Å². The molecule has 0 aliphatic rings. The molecule has 154 valence electrons. The Morgan fingerprint density at radius 3 is 1.18 bits per heavy atom. The van der Waals surface area contributed by atoms with Gasteiger partial charge in [-0.2, -0.15) is 0 Å². The van der Waals surface area contributed by atoms with Gasteiger partial charge in [0.2, 0.25) is 6.10 Å². The van der Waals surface area contributed by atoms with E-state index in [1.807, 2.05) is 0 Å². The van der Waals surface area contributed by atoms with E-state index >= 15 is 0 Å². The molecule has 0 aliphatic carbocycles. The van der Waals surface area contributed by atoms with E-state index < -0.39 is 36.0 Å². The highest BCUT2D eigenvalue weighted by molar-refractivity contribution is 5.91. The van der Waals surface area contributed by atoms with Crippen LogP contribution in [-0.2, 0) is 38.1 Å². The molecule has 1 unspecified atom stereocenters. The van der Waals surface area contributed by atoms with Gasteiger partial charge in [0.25, 0.3) is 0 Å². The summed E-state index contributed by atoms with van der Waals surface area (Å²) < 4.78 is 20.7. The van der Waals surface area contributed by atoms with Gasteiger partial charge >= 0.3 is 29.9 Å². The largest absolute Gasteiger partial charge is 0.463 e. The second-order valence-electron chi connectivity index (χ2n) is 6.20. The molecule has 1 atom stereocenters. The zero-order valence-corrected chi connectivity index (χ0v) is 16.9. The van der Waals surface area contributed by atoms with E-state index in [1.165, 1.54) is 34.6 Å². The molecule has 0 aromatic heterocycles. The summed E-state index contributed by atoms with van der Waals surface area (Å²) in [7, 11) is 0. The molecule has 8 heteroatoms. The molecule has 28 heavy (non-hydrogen) atoms. The Labute approximate surface area is 164 Å². The Bertz CT molecular complexity index is 659. The lowest BCUT2D eigenvalue weighted by Gasteiger charge is -2.36. The number of hydrogen-bond donors (Lipinski definition) is 0. The minimum absolute atomic E-state index is 0.0241. The zero-order valence-electron chi connectivity index (χ0n) is 16.9. The number of ether oxygens (including phenoxy) is 4. The van der Waals surface area contributed by atoms with Crippen molar-refractivity contribution in [1.29, 1.82) is 0 Å². The van der Waals surface area contributed by atoms with Gasteiger partial charge < -0.3 is 18.9 Å². The quantitative estimate of drug-likeness (QED) is 0.316. The van der Waals surface area contributed by atoms with E-state index in [4.69, 9.17) is 18.9 Å². The first-order valence-corrected chi connectivity index (χ1v) is 8.30. The average Bonchev–Trinajstić information content (AvgIpc) is 2.58. The average molecular weight is 394 g/mol. The number of rotatable bonds is 10. The molecule has 0 aromatic carbocycles. The van der Waals surface area contributed by atoms with Crippen molar-refractivity contribution in [2.45, 2.75) is 53.1 Å². The summed E-state index contributed by atoms with van der Waals surface area (Å²) in [6.45, 7) is 20.6. The van der Waals surface area contributed by atoms with Crippen LogP contribution < -0.4 is 0 Å². The third kappa shape index (κ3) is 6.86. The molecule has 0 fully saturated rings. The first-order chi connectivity index (χ1) is 12.8. The molecular weight excluding hydrogens is 368 g/mol. The van der Waals surface area contributed by atoms with Crippen molar-refractivity contribution < 1.29 is 38.1 Å². The lowest BCUT2D eigenvalue weighted by molar-refractivity contribution is -0.360. The molecule has 0 bridgehead atoms. The summed E-state index contributed by atoms with van der Waals surface area (Å²) in [6, 6.07) is 0. The van der Waals surface area contributed by atoms with Crippen molar-refractivity contribution in [1.82, 2.24) is 0 Å². The molecule has 0 radical (unpaired) electrons. The van der Waals surface area contributed by atoms with Crippen molar-refractivity contribution in [2.24, 2.45) is 0 Å². The van der Waals surface area contributed by atoms with Gasteiger partial charge in [-0.15, -0.1) is 0 Å². The van der Waals surface area contributed by atoms with Crippen LogP contribution in [0.1, 0.15) is 41.0 Å². The van der Waals surface area contributed by atoms with E-state index in [2.05, 4.69) is 26.3 Å². The molecule has 0 N–H and O–H groups in total. The molecule has 8 nitrogen and oxygen atoms in total. The van der Waals surface area contributed by atoms with E-state index in [9.17, 15) is 19.2 Å². The van der Waals surface area contributed by atoms with E-state index in [0.29, 0.717) is 0 Å². The fourth-order valence-electron chi connectivity index (χ4n) is 1.54. The van der Waals surface area contributed by atoms with Crippen LogP contribution in [0.4, 0.5) is 0 Å². The van der Waals surface area contributed by atoms with Gasteiger partial charge in [0.1, 0.15) is 0 Å². The van der Waals surface area contributed by atoms with Crippen LogP contribution in [-0.4, -0.2) is 36.0 Å². The number of esters is 4. The van der Waals surface area contributed by atoms with Gasteiger partial charge in [-0.25, -0.2) is 19.2 Å². The van der Waals surface area contributed by atoms with E-state index in [1.54, 1.807) is 0 Å². The highest BCUT2D eigenvalue weighted by Gasteiger charge is 2.53. The minimum Gasteiger partial charge on any atom is -0.446 e. The SMILES string of the molecule is C=C(C)C(=O)OC(CC)C(OC(=O)C(=C)C)(OC(=O)C(=C)C)OC(=O)C(=C)C. The Balaban J connectivity index is 6.43. The highest BCUT2D eigenvalue weighted by Crippen LogP contribution is 2.29. The first-order valence-electron chi connectivity index (χ1n) is 8.30. The number of carbonyl (C=O) groups excluding carboxylic acids is 4. The first kappa shape index (κ1) is 24.8. The summed E-state index contributed by atoms with van der Waals surface area (Å²) in [5.41, 5.74) is -0.217. The van der Waals surface area contributed by atoms with Crippen LogP contribution in [0.3, 0.4) is 0 Å².